The molecule has 0 radical (unpaired) electrons. The quantitative estimate of drug-likeness (QED) is 0.246. The topological polar surface area (TPSA) is 194 Å². The third-order valence-electron chi connectivity index (χ3n) is 5.35. The zero-order chi connectivity index (χ0) is 24.7. The van der Waals surface area contributed by atoms with Crippen LogP contribution in [0.3, 0.4) is 0 Å². The van der Waals surface area contributed by atoms with Crippen molar-refractivity contribution in [2.75, 3.05) is 19.6 Å². The molecule has 0 saturated carbocycles. The number of aliphatic hydroxyl groups excluding tert-OH is 1. The van der Waals surface area contributed by atoms with Crippen LogP contribution >= 0.6 is 0 Å². The molecule has 0 aromatic heterocycles. The summed E-state index contributed by atoms with van der Waals surface area (Å²) in [6.07, 6.45) is -1.33. The third kappa shape index (κ3) is 7.70. The predicted molar refractivity (Wildman–Crippen MR) is 112 cm³/mol. The molecule has 0 aromatic carbocycles. The van der Waals surface area contributed by atoms with Crippen LogP contribution in [0.5, 0.6) is 0 Å². The molecular formula is C20H31N5O8. The number of hydrogen-bond acceptors (Lipinski definition) is 7. The molecule has 0 aliphatic carbocycles. The van der Waals surface area contributed by atoms with E-state index < -0.39 is 79.2 Å². The fraction of sp³-hybridized carbons (Fsp3) is 0.700. The van der Waals surface area contributed by atoms with Crippen molar-refractivity contribution in [1.29, 1.82) is 0 Å². The number of amides is 5. The number of rotatable bonds is 5. The number of fused-ring (bicyclic) bond motifs is 1. The first-order chi connectivity index (χ1) is 15.5. The van der Waals surface area contributed by atoms with Gasteiger partial charge in [0.1, 0.15) is 18.1 Å². The average Bonchev–Trinajstić information content (AvgIpc) is 3.12. The number of carbonyl (C=O) groups excluding carboxylic acids is 5. The Kier molecular flexibility index (Phi) is 9.14. The SMILES string of the molecule is CC(C)C[C@@H]1NC(=O)CNC(=O)[C@H](CCC(=O)O)NC(=O)CNC(=O)[C@@H]2C[C@@H](O)CN2C1=O. The molecule has 2 fully saturated rings. The number of carbonyl (C=O) groups is 6. The zero-order valence-electron chi connectivity index (χ0n) is 18.6. The van der Waals surface area contributed by atoms with Crippen LogP contribution in [-0.4, -0.2) is 94.5 Å². The van der Waals surface area contributed by atoms with Gasteiger partial charge in [-0.25, -0.2) is 0 Å². The zero-order valence-corrected chi connectivity index (χ0v) is 18.6. The van der Waals surface area contributed by atoms with Gasteiger partial charge in [0.2, 0.25) is 29.5 Å². The van der Waals surface area contributed by atoms with Crippen molar-refractivity contribution in [3.63, 3.8) is 0 Å². The fourth-order valence-corrected chi connectivity index (χ4v) is 3.80. The van der Waals surface area contributed by atoms with Gasteiger partial charge in [-0.15, -0.1) is 0 Å². The average molecular weight is 469 g/mol. The van der Waals surface area contributed by atoms with Gasteiger partial charge in [0.15, 0.2) is 0 Å². The van der Waals surface area contributed by atoms with Crippen LogP contribution in [0.25, 0.3) is 0 Å². The van der Waals surface area contributed by atoms with Gasteiger partial charge in [-0.05, 0) is 18.8 Å². The molecule has 2 rings (SSSR count). The summed E-state index contributed by atoms with van der Waals surface area (Å²) in [7, 11) is 0. The van der Waals surface area contributed by atoms with Crippen molar-refractivity contribution in [1.82, 2.24) is 26.2 Å². The Morgan fingerprint density at radius 3 is 2.15 bits per heavy atom. The molecule has 0 unspecified atom stereocenters. The van der Waals surface area contributed by atoms with Gasteiger partial charge >= 0.3 is 5.97 Å². The van der Waals surface area contributed by atoms with Crippen molar-refractivity contribution in [2.24, 2.45) is 5.92 Å². The lowest BCUT2D eigenvalue weighted by atomic mass is 10.0. The van der Waals surface area contributed by atoms with E-state index >= 15 is 0 Å². The summed E-state index contributed by atoms with van der Waals surface area (Å²) < 4.78 is 0. The molecule has 2 aliphatic heterocycles. The van der Waals surface area contributed by atoms with Gasteiger partial charge in [0.25, 0.3) is 0 Å². The molecule has 5 amide bonds. The molecule has 2 saturated heterocycles. The summed E-state index contributed by atoms with van der Waals surface area (Å²) in [5.74, 6) is -4.54. The number of nitrogens with zero attached hydrogens (tertiary/aromatic N) is 1. The van der Waals surface area contributed by atoms with E-state index in [0.29, 0.717) is 0 Å². The Hall–Kier alpha value is -3.22. The van der Waals surface area contributed by atoms with Crippen LogP contribution in [0.2, 0.25) is 0 Å². The Morgan fingerprint density at radius 1 is 1.00 bits per heavy atom. The summed E-state index contributed by atoms with van der Waals surface area (Å²) in [5, 5.41) is 28.6. The Morgan fingerprint density at radius 2 is 1.58 bits per heavy atom. The van der Waals surface area contributed by atoms with E-state index in [-0.39, 0.29) is 31.7 Å². The lowest BCUT2D eigenvalue weighted by Crippen LogP contribution is -2.55. The molecule has 0 bridgehead atoms. The maximum Gasteiger partial charge on any atom is 0.303 e. The van der Waals surface area contributed by atoms with Crippen molar-refractivity contribution in [2.45, 2.75) is 63.8 Å². The largest absolute Gasteiger partial charge is 0.481 e. The van der Waals surface area contributed by atoms with Gasteiger partial charge in [-0.2, -0.15) is 0 Å². The van der Waals surface area contributed by atoms with Crippen molar-refractivity contribution < 1.29 is 39.0 Å². The minimum Gasteiger partial charge on any atom is -0.481 e. The minimum absolute atomic E-state index is 0.0120. The summed E-state index contributed by atoms with van der Waals surface area (Å²) in [6, 6.07) is -3.25. The van der Waals surface area contributed by atoms with E-state index in [9.17, 15) is 33.9 Å². The number of aliphatic hydroxyl groups is 1. The predicted octanol–water partition coefficient (Wildman–Crippen LogP) is -2.93. The molecule has 2 heterocycles. The molecule has 0 spiro atoms. The van der Waals surface area contributed by atoms with Gasteiger partial charge in [0, 0.05) is 19.4 Å². The van der Waals surface area contributed by atoms with Crippen molar-refractivity contribution in [3.8, 4) is 0 Å². The smallest absolute Gasteiger partial charge is 0.303 e. The van der Waals surface area contributed by atoms with Crippen LogP contribution in [-0.2, 0) is 28.8 Å². The molecule has 4 atom stereocenters. The Labute approximate surface area is 190 Å². The number of aliphatic carboxylic acids is 1. The first kappa shape index (κ1) is 26.0. The van der Waals surface area contributed by atoms with E-state index in [1.807, 2.05) is 13.8 Å². The summed E-state index contributed by atoms with van der Waals surface area (Å²) in [4.78, 5) is 75.1. The standard InChI is InChI=1S/C20H31N5O8/c1-10(2)5-13-20(33)25-9-11(26)6-14(25)19(32)22-8-15(27)23-12(3-4-17(29)30)18(31)21-7-16(28)24-13/h10-14,26H,3-9H2,1-2H3,(H,21,31)(H,22,32)(H,23,27)(H,24,28)(H,29,30)/t11-,12+,13+,14+/m1/s1. The van der Waals surface area contributed by atoms with Crippen molar-refractivity contribution >= 4 is 35.5 Å². The number of hydrogen-bond donors (Lipinski definition) is 6. The van der Waals surface area contributed by atoms with Gasteiger partial charge in [-0.3, -0.25) is 28.8 Å². The van der Waals surface area contributed by atoms with E-state index in [2.05, 4.69) is 21.3 Å². The first-order valence-corrected chi connectivity index (χ1v) is 10.8. The van der Waals surface area contributed by atoms with Crippen molar-refractivity contribution in [3.05, 3.63) is 0 Å². The van der Waals surface area contributed by atoms with E-state index in [1.54, 1.807) is 0 Å². The molecular weight excluding hydrogens is 438 g/mol. The van der Waals surface area contributed by atoms with E-state index in [4.69, 9.17) is 5.11 Å². The minimum atomic E-state index is -1.23. The first-order valence-electron chi connectivity index (χ1n) is 10.8. The summed E-state index contributed by atoms with van der Waals surface area (Å²) in [5.41, 5.74) is 0. The van der Waals surface area contributed by atoms with Crippen LogP contribution in [0.4, 0.5) is 0 Å². The lowest BCUT2D eigenvalue weighted by molar-refractivity contribution is -0.142. The highest BCUT2D eigenvalue weighted by Crippen LogP contribution is 2.21. The van der Waals surface area contributed by atoms with Gasteiger partial charge in [-0.1, -0.05) is 13.8 Å². The molecule has 184 valence electrons. The number of carboxylic acids is 1. The molecule has 2 aliphatic rings. The third-order valence-corrected chi connectivity index (χ3v) is 5.35. The van der Waals surface area contributed by atoms with Crippen LogP contribution in [0.15, 0.2) is 0 Å². The number of nitrogens with one attached hydrogen (secondary N) is 4. The monoisotopic (exact) mass is 469 g/mol. The lowest BCUT2D eigenvalue weighted by Gasteiger charge is -2.29. The second-order valence-corrected chi connectivity index (χ2v) is 8.63. The second kappa shape index (κ2) is 11.6. The molecule has 13 nitrogen and oxygen atoms in total. The normalized spacial score (nSPS) is 27.6. The number of carboxylic acid groups (broad SMARTS) is 1. The van der Waals surface area contributed by atoms with E-state index in [0.717, 1.165) is 0 Å². The fourth-order valence-electron chi connectivity index (χ4n) is 3.80. The van der Waals surface area contributed by atoms with Crippen LogP contribution < -0.4 is 21.3 Å². The highest BCUT2D eigenvalue weighted by atomic mass is 16.4. The Balaban J connectivity index is 2.28. The molecule has 6 N–H and O–H groups in total. The summed E-state index contributed by atoms with van der Waals surface area (Å²) in [6.45, 7) is 2.59. The highest BCUT2D eigenvalue weighted by Gasteiger charge is 2.41. The molecule has 0 aromatic rings. The highest BCUT2D eigenvalue weighted by molar-refractivity contribution is 5.96. The van der Waals surface area contributed by atoms with Crippen LogP contribution in [0.1, 0.15) is 39.5 Å². The second-order valence-electron chi connectivity index (χ2n) is 8.63. The summed E-state index contributed by atoms with van der Waals surface area (Å²) >= 11 is 0. The maximum absolute atomic E-state index is 13.2. The van der Waals surface area contributed by atoms with E-state index in [1.165, 1.54) is 4.90 Å². The van der Waals surface area contributed by atoms with Gasteiger partial charge < -0.3 is 36.4 Å². The van der Waals surface area contributed by atoms with Crippen LogP contribution in [0, 0.1) is 5.92 Å². The Bertz CT molecular complexity index is 801. The maximum atomic E-state index is 13.2. The molecule has 13 heteroatoms. The molecule has 33 heavy (non-hydrogen) atoms. The van der Waals surface area contributed by atoms with Gasteiger partial charge in [0.05, 0.1) is 19.2 Å².